The molecule has 388 valence electrons. The van der Waals surface area contributed by atoms with E-state index < -0.39 is 0 Å². The van der Waals surface area contributed by atoms with E-state index >= 15 is 0 Å². The molecule has 0 saturated heterocycles. The van der Waals surface area contributed by atoms with E-state index in [9.17, 15) is 0 Å². The molecular weight excluding hydrogens is 920 g/mol. The molecule has 0 unspecified atom stereocenters. The number of nitrogens with zero attached hydrogens (tertiary/aromatic N) is 2. The van der Waals surface area contributed by atoms with Crippen molar-refractivity contribution < 1.29 is 4.42 Å². The van der Waals surface area contributed by atoms with E-state index in [1.54, 1.807) is 0 Å². The zero-order valence-electron chi connectivity index (χ0n) is 49.3. The highest BCUT2D eigenvalue weighted by molar-refractivity contribution is 7.00. The van der Waals surface area contributed by atoms with Crippen LogP contribution in [-0.2, 0) is 32.5 Å². The SMILES string of the molecule is Cc1cc(C)c(-c2ccc3c(c2)B2c4ccc5oc6cc7c(cc6c5c4N(c4cc5c(cc4C)C(C)(C)CCC5(C)C)c4cc(C)cc(c42)N3c2cc3c(cc2C)C(C)(C)CCC3(C)C)C(C)(C)CCC7(C)C)c(C)c1. The van der Waals surface area contributed by atoms with E-state index in [4.69, 9.17) is 4.42 Å². The van der Waals surface area contributed by atoms with Gasteiger partial charge in [0.05, 0.1) is 11.1 Å². The molecule has 3 aliphatic carbocycles. The number of benzene rings is 7. The molecule has 76 heavy (non-hydrogen) atoms. The Morgan fingerprint density at radius 1 is 0.382 bits per heavy atom. The van der Waals surface area contributed by atoms with Crippen LogP contribution >= 0.6 is 0 Å². The molecule has 0 radical (unpaired) electrons. The van der Waals surface area contributed by atoms with Gasteiger partial charge in [-0.2, -0.15) is 0 Å². The van der Waals surface area contributed by atoms with Crippen molar-refractivity contribution >= 4 is 79.2 Å². The normalized spacial score (nSPS) is 19.7. The summed E-state index contributed by atoms with van der Waals surface area (Å²) in [6.07, 6.45) is 7.01. The fourth-order valence-corrected chi connectivity index (χ4v) is 15.7. The van der Waals surface area contributed by atoms with Crippen LogP contribution in [0.1, 0.15) is 188 Å². The van der Waals surface area contributed by atoms with Crippen molar-refractivity contribution in [2.75, 3.05) is 9.80 Å². The summed E-state index contributed by atoms with van der Waals surface area (Å²) in [5, 5.41) is 2.45. The maximum absolute atomic E-state index is 7.24. The van der Waals surface area contributed by atoms with Crippen LogP contribution in [0.15, 0.2) is 95.4 Å². The van der Waals surface area contributed by atoms with Gasteiger partial charge in [0.15, 0.2) is 0 Å². The molecule has 0 N–H and O–H groups in total. The third-order valence-electron chi connectivity index (χ3n) is 20.6. The van der Waals surface area contributed by atoms with Gasteiger partial charge in [-0.3, -0.25) is 0 Å². The molecule has 13 rings (SSSR count). The highest BCUT2D eigenvalue weighted by atomic mass is 16.3. The maximum atomic E-state index is 7.24. The highest BCUT2D eigenvalue weighted by Gasteiger charge is 2.48. The fourth-order valence-electron chi connectivity index (χ4n) is 15.7. The predicted molar refractivity (Wildman–Crippen MR) is 327 cm³/mol. The van der Waals surface area contributed by atoms with E-state index in [0.29, 0.717) is 0 Å². The van der Waals surface area contributed by atoms with Crippen molar-refractivity contribution in [3.8, 4) is 11.1 Å². The smallest absolute Gasteiger partial charge is 0.252 e. The molecule has 0 spiro atoms. The largest absolute Gasteiger partial charge is 0.456 e. The van der Waals surface area contributed by atoms with Crippen LogP contribution in [0.2, 0.25) is 0 Å². The van der Waals surface area contributed by atoms with Crippen molar-refractivity contribution in [1.82, 2.24) is 0 Å². The standard InChI is InChI=1S/C72H81BN2O/c1-40-29-44(5)63(45(6)30-40)46-19-21-56-55(35-46)73-54-20-22-61-64(47-36-50-53(39-62(47)76-61)72(17,18)28-25-69(50,11)12)66(54)75(58-38-52-49(34-43(58)4)68(9,10)24-27-71(52,15)16)60-32-41(2)31-59(65(60)73)74(56)57-37-51-48(33-42(57)3)67(7,8)23-26-70(51,13)14/h19-22,29-39H,23-28H2,1-18H3. The minimum Gasteiger partial charge on any atom is -0.456 e. The summed E-state index contributed by atoms with van der Waals surface area (Å²) >= 11 is 0. The number of aryl methyl sites for hydroxylation is 6. The van der Waals surface area contributed by atoms with Gasteiger partial charge in [0.2, 0.25) is 0 Å². The van der Waals surface area contributed by atoms with Crippen LogP contribution in [0.3, 0.4) is 0 Å². The van der Waals surface area contributed by atoms with Crippen molar-refractivity contribution in [1.29, 1.82) is 0 Å². The first-order valence-corrected chi connectivity index (χ1v) is 28.9. The van der Waals surface area contributed by atoms with Gasteiger partial charge in [0.1, 0.15) is 11.2 Å². The van der Waals surface area contributed by atoms with Gasteiger partial charge in [-0.1, -0.05) is 131 Å². The number of furan rings is 1. The molecule has 0 bridgehead atoms. The third-order valence-corrected chi connectivity index (χ3v) is 20.6. The summed E-state index contributed by atoms with van der Waals surface area (Å²) < 4.78 is 7.24. The second-order valence-electron chi connectivity index (χ2n) is 28.9. The van der Waals surface area contributed by atoms with Crippen molar-refractivity contribution in [3.05, 3.63) is 158 Å². The Morgan fingerprint density at radius 2 is 0.829 bits per heavy atom. The Morgan fingerprint density at radius 3 is 1.36 bits per heavy atom. The van der Waals surface area contributed by atoms with Gasteiger partial charge < -0.3 is 14.2 Å². The van der Waals surface area contributed by atoms with Gasteiger partial charge >= 0.3 is 0 Å². The lowest BCUT2D eigenvalue weighted by Crippen LogP contribution is -2.61. The summed E-state index contributed by atoms with van der Waals surface area (Å²) in [7, 11) is 0. The monoisotopic (exact) mass is 1000 g/mol. The molecule has 0 atom stereocenters. The molecule has 2 aliphatic heterocycles. The fraction of sp³-hybridized carbons (Fsp3) is 0.417. The van der Waals surface area contributed by atoms with Crippen LogP contribution in [-0.4, -0.2) is 6.71 Å². The number of rotatable bonds is 3. The lowest BCUT2D eigenvalue weighted by molar-refractivity contribution is 0.332. The molecular formula is C72H81BN2O. The number of fused-ring (bicyclic) bond motifs is 11. The first-order valence-electron chi connectivity index (χ1n) is 28.9. The average molecular weight is 1000 g/mol. The number of anilines is 6. The third kappa shape index (κ3) is 6.99. The lowest BCUT2D eigenvalue weighted by Gasteiger charge is -2.47. The van der Waals surface area contributed by atoms with E-state index in [1.165, 1.54) is 158 Å². The minimum absolute atomic E-state index is 0.0248. The molecule has 0 saturated carbocycles. The molecule has 3 nitrogen and oxygen atoms in total. The van der Waals surface area contributed by atoms with E-state index in [-0.39, 0.29) is 39.2 Å². The molecule has 5 aliphatic rings. The van der Waals surface area contributed by atoms with E-state index in [1.807, 2.05) is 0 Å². The van der Waals surface area contributed by atoms with Crippen molar-refractivity contribution in [2.24, 2.45) is 0 Å². The summed E-state index contributed by atoms with van der Waals surface area (Å²) in [6, 6.07) is 37.5. The van der Waals surface area contributed by atoms with Crippen molar-refractivity contribution in [3.63, 3.8) is 0 Å². The Bertz CT molecular complexity index is 3840. The second kappa shape index (κ2) is 15.8. The molecule has 4 heteroatoms. The summed E-state index contributed by atoms with van der Waals surface area (Å²) in [5.74, 6) is 0. The maximum Gasteiger partial charge on any atom is 0.252 e. The van der Waals surface area contributed by atoms with Crippen LogP contribution < -0.4 is 26.2 Å². The van der Waals surface area contributed by atoms with Crippen LogP contribution in [0, 0.1) is 41.5 Å². The van der Waals surface area contributed by atoms with Gasteiger partial charge in [0.25, 0.3) is 6.71 Å². The quantitative estimate of drug-likeness (QED) is 0.164. The Balaban J connectivity index is 1.18. The topological polar surface area (TPSA) is 19.6 Å². The minimum atomic E-state index is -0.0573. The summed E-state index contributed by atoms with van der Waals surface area (Å²) in [6.45, 7) is 43.4. The number of hydrogen-bond acceptors (Lipinski definition) is 3. The zero-order chi connectivity index (χ0) is 53.9. The summed E-state index contributed by atoms with van der Waals surface area (Å²) in [5.41, 5.74) is 33.3. The van der Waals surface area contributed by atoms with Gasteiger partial charge in [-0.25, -0.2) is 0 Å². The molecule has 1 aromatic heterocycles. The van der Waals surface area contributed by atoms with Crippen molar-refractivity contribution in [2.45, 2.75) is 196 Å². The molecule has 7 aromatic carbocycles. The zero-order valence-corrected chi connectivity index (χ0v) is 49.3. The lowest BCUT2D eigenvalue weighted by atomic mass is 9.33. The molecule has 0 fully saturated rings. The molecule has 0 amide bonds. The Labute approximate surface area is 455 Å². The van der Waals surface area contributed by atoms with Crippen LogP contribution in [0.4, 0.5) is 34.1 Å². The molecule has 8 aromatic rings. The van der Waals surface area contributed by atoms with Crippen LogP contribution in [0.25, 0.3) is 33.1 Å². The summed E-state index contributed by atoms with van der Waals surface area (Å²) in [4.78, 5) is 5.43. The Kier molecular flexibility index (Phi) is 10.3. The van der Waals surface area contributed by atoms with E-state index in [0.717, 1.165) is 30.4 Å². The Hall–Kier alpha value is -6.00. The van der Waals surface area contributed by atoms with E-state index in [2.05, 4.69) is 225 Å². The van der Waals surface area contributed by atoms with Gasteiger partial charge in [0, 0.05) is 33.8 Å². The second-order valence-corrected chi connectivity index (χ2v) is 28.9. The predicted octanol–water partition coefficient (Wildman–Crippen LogP) is 18.2. The first-order chi connectivity index (χ1) is 35.6. The highest BCUT2D eigenvalue weighted by Crippen LogP contribution is 2.56. The molecule has 3 heterocycles. The van der Waals surface area contributed by atoms with Crippen LogP contribution in [0.5, 0.6) is 0 Å². The first kappa shape index (κ1) is 49.6. The average Bonchev–Trinajstić information content (AvgIpc) is 3.72. The van der Waals surface area contributed by atoms with Gasteiger partial charge in [-0.15, -0.1) is 0 Å². The number of hydrogen-bond donors (Lipinski definition) is 0. The van der Waals surface area contributed by atoms with Gasteiger partial charge in [-0.05, 0) is 250 Å².